The lowest BCUT2D eigenvalue weighted by molar-refractivity contribution is 0.464. The molecule has 3 rings (SSSR count). The van der Waals surface area contributed by atoms with Crippen LogP contribution in [-0.2, 0) is 6.54 Å². The molecular formula is C17H15FN2O. The summed E-state index contributed by atoms with van der Waals surface area (Å²) in [6.45, 7) is 0.657. The van der Waals surface area contributed by atoms with Crippen molar-refractivity contribution in [1.82, 2.24) is 10.3 Å². The van der Waals surface area contributed by atoms with Gasteiger partial charge in [-0.05, 0) is 48.8 Å². The lowest BCUT2D eigenvalue weighted by Gasteiger charge is -2.10. The van der Waals surface area contributed by atoms with Crippen LogP contribution in [0.1, 0.15) is 5.69 Å². The second-order valence-corrected chi connectivity index (χ2v) is 4.73. The second kappa shape index (κ2) is 5.89. The van der Waals surface area contributed by atoms with Gasteiger partial charge in [0.2, 0.25) is 5.88 Å². The molecule has 3 aromatic rings. The number of hydrogen-bond acceptors (Lipinski definition) is 3. The molecule has 0 saturated carbocycles. The molecule has 0 spiro atoms. The lowest BCUT2D eigenvalue weighted by Crippen LogP contribution is -2.07. The first-order valence-electron chi connectivity index (χ1n) is 6.73. The summed E-state index contributed by atoms with van der Waals surface area (Å²) in [5, 5.41) is 5.08. The fourth-order valence-electron chi connectivity index (χ4n) is 2.18. The number of rotatable bonds is 4. The summed E-state index contributed by atoms with van der Waals surface area (Å²) in [6.07, 6.45) is 0. The first-order chi connectivity index (χ1) is 10.3. The molecule has 0 unspecified atom stereocenters. The number of nitrogens with one attached hydrogen (secondary N) is 1. The van der Waals surface area contributed by atoms with Gasteiger partial charge in [0.25, 0.3) is 0 Å². The molecule has 0 aliphatic rings. The zero-order valence-electron chi connectivity index (χ0n) is 11.6. The van der Waals surface area contributed by atoms with E-state index < -0.39 is 0 Å². The van der Waals surface area contributed by atoms with Gasteiger partial charge in [-0.3, -0.25) is 0 Å². The van der Waals surface area contributed by atoms with E-state index in [2.05, 4.69) is 10.3 Å². The van der Waals surface area contributed by atoms with E-state index >= 15 is 0 Å². The van der Waals surface area contributed by atoms with Crippen LogP contribution in [0.25, 0.3) is 10.8 Å². The summed E-state index contributed by atoms with van der Waals surface area (Å²) < 4.78 is 18.8. The number of pyridine rings is 1. The van der Waals surface area contributed by atoms with Gasteiger partial charge in [-0.1, -0.05) is 18.2 Å². The van der Waals surface area contributed by atoms with Crippen LogP contribution < -0.4 is 10.1 Å². The van der Waals surface area contributed by atoms with Gasteiger partial charge in [-0.15, -0.1) is 0 Å². The van der Waals surface area contributed by atoms with E-state index in [0.29, 0.717) is 18.2 Å². The molecule has 21 heavy (non-hydrogen) atoms. The lowest BCUT2D eigenvalue weighted by atomic mass is 10.1. The monoisotopic (exact) mass is 282 g/mol. The molecule has 4 heteroatoms. The number of hydrogen-bond donors (Lipinski definition) is 1. The maximum absolute atomic E-state index is 13.0. The molecule has 106 valence electrons. The third-order valence-corrected chi connectivity index (χ3v) is 3.14. The van der Waals surface area contributed by atoms with E-state index in [1.807, 2.05) is 37.4 Å². The highest BCUT2D eigenvalue weighted by atomic mass is 19.1. The number of benzene rings is 2. The number of ether oxygens (including phenoxy) is 1. The highest BCUT2D eigenvalue weighted by Crippen LogP contribution is 2.28. The minimum Gasteiger partial charge on any atom is -0.438 e. The van der Waals surface area contributed by atoms with Crippen molar-refractivity contribution in [2.45, 2.75) is 6.54 Å². The van der Waals surface area contributed by atoms with Gasteiger partial charge in [0.15, 0.2) is 0 Å². The van der Waals surface area contributed by atoms with Crippen LogP contribution in [0.3, 0.4) is 0 Å². The van der Waals surface area contributed by atoms with Crippen molar-refractivity contribution in [2.24, 2.45) is 0 Å². The highest BCUT2D eigenvalue weighted by molar-refractivity contribution is 5.87. The SMILES string of the molecule is CNCc1cc2ccccc2c(Oc2ccc(F)cc2)n1. The fraction of sp³-hybridized carbons (Fsp3) is 0.118. The van der Waals surface area contributed by atoms with Crippen LogP contribution in [0.4, 0.5) is 4.39 Å². The summed E-state index contributed by atoms with van der Waals surface area (Å²) in [4.78, 5) is 4.53. The van der Waals surface area contributed by atoms with Gasteiger partial charge in [0.1, 0.15) is 11.6 Å². The average molecular weight is 282 g/mol. The second-order valence-electron chi connectivity index (χ2n) is 4.73. The minimum absolute atomic E-state index is 0.288. The molecule has 1 N–H and O–H groups in total. The van der Waals surface area contributed by atoms with Crippen LogP contribution in [0, 0.1) is 5.82 Å². The maximum atomic E-state index is 13.0. The molecule has 0 aliphatic heterocycles. The van der Waals surface area contributed by atoms with E-state index in [1.165, 1.54) is 12.1 Å². The normalized spacial score (nSPS) is 10.8. The van der Waals surface area contributed by atoms with Gasteiger partial charge in [-0.25, -0.2) is 9.37 Å². The van der Waals surface area contributed by atoms with E-state index in [0.717, 1.165) is 16.5 Å². The number of nitrogens with zero attached hydrogens (tertiary/aromatic N) is 1. The Kier molecular flexibility index (Phi) is 3.79. The van der Waals surface area contributed by atoms with E-state index in [-0.39, 0.29) is 5.82 Å². The molecule has 1 heterocycles. The Morgan fingerprint density at radius 2 is 1.86 bits per heavy atom. The predicted octanol–water partition coefficient (Wildman–Crippen LogP) is 3.89. The first kappa shape index (κ1) is 13.5. The summed E-state index contributed by atoms with van der Waals surface area (Å²) in [5.41, 5.74) is 0.897. The van der Waals surface area contributed by atoms with Crippen molar-refractivity contribution >= 4 is 10.8 Å². The van der Waals surface area contributed by atoms with Crippen molar-refractivity contribution in [1.29, 1.82) is 0 Å². The third kappa shape index (κ3) is 3.01. The molecule has 2 aromatic carbocycles. The largest absolute Gasteiger partial charge is 0.438 e. The van der Waals surface area contributed by atoms with Gasteiger partial charge >= 0.3 is 0 Å². The van der Waals surface area contributed by atoms with Crippen molar-refractivity contribution in [3.05, 3.63) is 66.1 Å². The molecule has 0 aliphatic carbocycles. The zero-order valence-corrected chi connectivity index (χ0v) is 11.6. The van der Waals surface area contributed by atoms with Crippen LogP contribution in [-0.4, -0.2) is 12.0 Å². The Morgan fingerprint density at radius 1 is 1.10 bits per heavy atom. The molecule has 0 saturated heterocycles. The van der Waals surface area contributed by atoms with Crippen molar-refractivity contribution < 1.29 is 9.13 Å². The van der Waals surface area contributed by atoms with Crippen molar-refractivity contribution in [3.63, 3.8) is 0 Å². The Balaban J connectivity index is 2.04. The summed E-state index contributed by atoms with van der Waals surface area (Å²) in [5.74, 6) is 0.810. The Morgan fingerprint density at radius 3 is 2.62 bits per heavy atom. The van der Waals surface area contributed by atoms with Gasteiger partial charge in [0.05, 0.1) is 5.69 Å². The molecule has 0 atom stereocenters. The highest BCUT2D eigenvalue weighted by Gasteiger charge is 2.08. The Labute approximate surface area is 122 Å². The standard InChI is InChI=1S/C17H15FN2O/c1-19-11-14-10-12-4-2-3-5-16(12)17(20-14)21-15-8-6-13(18)7-9-15/h2-10,19H,11H2,1H3. The van der Waals surface area contributed by atoms with Crippen molar-refractivity contribution in [2.75, 3.05) is 7.05 Å². The number of fused-ring (bicyclic) bond motifs is 1. The van der Waals surface area contributed by atoms with E-state index in [4.69, 9.17) is 4.74 Å². The molecule has 1 aromatic heterocycles. The van der Waals surface area contributed by atoms with Crippen LogP contribution in [0.2, 0.25) is 0 Å². The fourth-order valence-corrected chi connectivity index (χ4v) is 2.18. The Hall–Kier alpha value is -2.46. The maximum Gasteiger partial charge on any atom is 0.227 e. The van der Waals surface area contributed by atoms with Crippen LogP contribution in [0.5, 0.6) is 11.6 Å². The molecular weight excluding hydrogens is 267 g/mol. The first-order valence-corrected chi connectivity index (χ1v) is 6.73. The smallest absolute Gasteiger partial charge is 0.227 e. The van der Waals surface area contributed by atoms with Crippen LogP contribution >= 0.6 is 0 Å². The topological polar surface area (TPSA) is 34.1 Å². The summed E-state index contributed by atoms with van der Waals surface area (Å²) in [6, 6.07) is 15.9. The summed E-state index contributed by atoms with van der Waals surface area (Å²) in [7, 11) is 1.87. The molecule has 0 radical (unpaired) electrons. The predicted molar refractivity (Wildman–Crippen MR) is 81.0 cm³/mol. The molecule has 0 amide bonds. The van der Waals surface area contributed by atoms with E-state index in [1.54, 1.807) is 12.1 Å². The minimum atomic E-state index is -0.288. The Bertz CT molecular complexity index is 756. The molecule has 0 fully saturated rings. The quantitative estimate of drug-likeness (QED) is 0.788. The van der Waals surface area contributed by atoms with Gasteiger partial charge < -0.3 is 10.1 Å². The third-order valence-electron chi connectivity index (χ3n) is 3.14. The number of aromatic nitrogens is 1. The van der Waals surface area contributed by atoms with Crippen molar-refractivity contribution in [3.8, 4) is 11.6 Å². The average Bonchev–Trinajstić information content (AvgIpc) is 2.50. The van der Waals surface area contributed by atoms with Crippen LogP contribution in [0.15, 0.2) is 54.6 Å². The zero-order chi connectivity index (χ0) is 14.7. The van der Waals surface area contributed by atoms with Gasteiger partial charge in [0, 0.05) is 11.9 Å². The molecule has 0 bridgehead atoms. The summed E-state index contributed by atoms with van der Waals surface area (Å²) >= 11 is 0. The number of halogens is 1. The van der Waals surface area contributed by atoms with Gasteiger partial charge in [-0.2, -0.15) is 0 Å². The van der Waals surface area contributed by atoms with E-state index in [9.17, 15) is 4.39 Å². The molecule has 3 nitrogen and oxygen atoms in total.